The van der Waals surface area contributed by atoms with Gasteiger partial charge in [-0.2, -0.15) is 18.3 Å². The minimum absolute atomic E-state index is 0.161. The third kappa shape index (κ3) is 6.59. The van der Waals surface area contributed by atoms with Gasteiger partial charge < -0.3 is 10.6 Å². The predicted octanol–water partition coefficient (Wildman–Crippen LogP) is 4.85. The third-order valence-electron chi connectivity index (χ3n) is 4.67. The largest absolute Gasteiger partial charge is 0.416 e. The molecule has 11 heteroatoms. The Balaban J connectivity index is 1.70. The summed E-state index contributed by atoms with van der Waals surface area (Å²) in [5.41, 5.74) is 0.0353. The molecule has 0 bridgehead atoms. The van der Waals surface area contributed by atoms with E-state index in [-0.39, 0.29) is 12.1 Å². The Morgan fingerprint density at radius 2 is 1.91 bits per heavy atom. The van der Waals surface area contributed by atoms with Crippen molar-refractivity contribution in [3.63, 3.8) is 0 Å². The molecule has 0 aliphatic heterocycles. The van der Waals surface area contributed by atoms with Crippen LogP contribution in [0.3, 0.4) is 0 Å². The van der Waals surface area contributed by atoms with Gasteiger partial charge in [0.25, 0.3) is 5.91 Å². The summed E-state index contributed by atoms with van der Waals surface area (Å²) in [6.07, 6.45) is -1.74. The zero-order valence-corrected chi connectivity index (χ0v) is 19.6. The average molecular weight is 481 g/mol. The minimum atomic E-state index is -4.44. The number of carbonyl (C=O) groups is 1. The van der Waals surface area contributed by atoms with Gasteiger partial charge in [-0.3, -0.25) is 4.79 Å². The number of hydrogen-bond donors (Lipinski definition) is 2. The second-order valence-electron chi connectivity index (χ2n) is 7.91. The fourth-order valence-electron chi connectivity index (χ4n) is 2.98. The van der Waals surface area contributed by atoms with E-state index in [1.807, 2.05) is 0 Å². The zero-order valence-electron chi connectivity index (χ0n) is 18.7. The van der Waals surface area contributed by atoms with Crippen molar-refractivity contribution in [3.8, 4) is 0 Å². The Kier molecular flexibility index (Phi) is 8.17. The van der Waals surface area contributed by atoms with Gasteiger partial charge >= 0.3 is 6.18 Å². The number of anilines is 1. The number of amides is 1. The molecule has 0 fully saturated rings. The highest BCUT2D eigenvalue weighted by atomic mass is 32.2. The van der Waals surface area contributed by atoms with Gasteiger partial charge in [0.2, 0.25) is 0 Å². The number of benzene rings is 1. The summed E-state index contributed by atoms with van der Waals surface area (Å²) in [5.74, 6) is 1.62. The molecular weight excluding hydrogens is 453 g/mol. The summed E-state index contributed by atoms with van der Waals surface area (Å²) in [6, 6.07) is 4.12. The van der Waals surface area contributed by atoms with Crippen LogP contribution < -0.4 is 10.6 Å². The molecule has 2 aromatic heterocycles. The van der Waals surface area contributed by atoms with E-state index in [4.69, 9.17) is 0 Å². The van der Waals surface area contributed by atoms with Gasteiger partial charge in [0.15, 0.2) is 10.8 Å². The fourth-order valence-corrected chi connectivity index (χ4v) is 3.67. The second-order valence-corrected chi connectivity index (χ2v) is 8.98. The molecule has 0 atom stereocenters. The van der Waals surface area contributed by atoms with Crippen LogP contribution in [-0.2, 0) is 12.7 Å². The van der Waals surface area contributed by atoms with Gasteiger partial charge in [-0.05, 0) is 36.6 Å². The van der Waals surface area contributed by atoms with Crippen molar-refractivity contribution < 1.29 is 18.0 Å². The lowest BCUT2D eigenvalue weighted by Gasteiger charge is -2.11. The lowest BCUT2D eigenvalue weighted by atomic mass is 10.1. The first kappa shape index (κ1) is 24.8. The maximum absolute atomic E-state index is 12.7. The maximum Gasteiger partial charge on any atom is 0.416 e. The Morgan fingerprint density at radius 3 is 2.55 bits per heavy atom. The van der Waals surface area contributed by atoms with Crippen LogP contribution in [0.15, 0.2) is 35.6 Å². The summed E-state index contributed by atoms with van der Waals surface area (Å²) in [7, 11) is 0. The minimum Gasteiger partial charge on any atom is -0.369 e. The first-order chi connectivity index (χ1) is 15.7. The lowest BCUT2D eigenvalue weighted by molar-refractivity contribution is -0.137. The molecule has 2 heterocycles. The van der Waals surface area contributed by atoms with E-state index in [2.05, 4.69) is 46.5 Å². The molecule has 0 aliphatic carbocycles. The van der Waals surface area contributed by atoms with E-state index in [1.165, 1.54) is 12.1 Å². The van der Waals surface area contributed by atoms with E-state index in [0.717, 1.165) is 42.1 Å². The Labute approximate surface area is 194 Å². The van der Waals surface area contributed by atoms with Crippen molar-refractivity contribution in [2.24, 2.45) is 5.92 Å². The fraction of sp³-hybridized carbons (Fsp3) is 0.455. The van der Waals surface area contributed by atoms with Crippen molar-refractivity contribution in [2.45, 2.75) is 45.1 Å². The first-order valence-corrected chi connectivity index (χ1v) is 11.7. The van der Waals surface area contributed by atoms with E-state index >= 15 is 0 Å². The van der Waals surface area contributed by atoms with Gasteiger partial charge in [-0.25, -0.2) is 14.6 Å². The summed E-state index contributed by atoms with van der Waals surface area (Å²) in [4.78, 5) is 21.6. The van der Waals surface area contributed by atoms with Crippen LogP contribution in [0, 0.1) is 5.92 Å². The average Bonchev–Trinajstić information content (AvgIpc) is 3.18. The van der Waals surface area contributed by atoms with Crippen molar-refractivity contribution in [1.82, 2.24) is 25.1 Å². The van der Waals surface area contributed by atoms with Crippen LogP contribution >= 0.6 is 11.8 Å². The van der Waals surface area contributed by atoms with Crippen LogP contribution in [0.4, 0.5) is 19.0 Å². The Bertz CT molecular complexity index is 1080. The first-order valence-electron chi connectivity index (χ1n) is 10.7. The van der Waals surface area contributed by atoms with Gasteiger partial charge in [-0.15, -0.1) is 0 Å². The number of carbonyl (C=O) groups excluding carboxylic acids is 1. The number of thioether (sulfide) groups is 1. The molecule has 2 N–H and O–H groups in total. The van der Waals surface area contributed by atoms with E-state index in [1.54, 1.807) is 22.6 Å². The van der Waals surface area contributed by atoms with Crippen molar-refractivity contribution >= 4 is 34.5 Å². The second kappa shape index (κ2) is 10.9. The molecule has 0 saturated carbocycles. The normalized spacial score (nSPS) is 11.8. The van der Waals surface area contributed by atoms with Gasteiger partial charge in [0, 0.05) is 24.4 Å². The smallest absolute Gasteiger partial charge is 0.369 e. The van der Waals surface area contributed by atoms with Crippen LogP contribution in [0.25, 0.3) is 11.0 Å². The summed E-state index contributed by atoms with van der Waals surface area (Å²) < 4.78 is 39.8. The summed E-state index contributed by atoms with van der Waals surface area (Å²) in [6.45, 7) is 7.68. The van der Waals surface area contributed by atoms with Crippen LogP contribution in [0.5, 0.6) is 0 Å². The van der Waals surface area contributed by atoms with Crippen LogP contribution in [0.1, 0.15) is 43.1 Å². The van der Waals surface area contributed by atoms with Gasteiger partial charge in [0.05, 0.1) is 23.7 Å². The predicted molar refractivity (Wildman–Crippen MR) is 123 cm³/mol. The molecule has 0 spiro atoms. The van der Waals surface area contributed by atoms with Gasteiger partial charge in [0.1, 0.15) is 5.82 Å². The molecule has 0 unspecified atom stereocenters. The molecule has 3 aromatic rings. The number of aromatic nitrogens is 4. The topological polar surface area (TPSA) is 84.7 Å². The highest BCUT2D eigenvalue weighted by Crippen LogP contribution is 2.29. The SMILES string of the molecule is CCCSc1nc(NCC(C)C)c2cnn(CCNC(=O)c3ccc(C(F)(F)F)cc3)c2n1. The highest BCUT2D eigenvalue weighted by Gasteiger charge is 2.30. The molecule has 3 rings (SSSR count). The molecule has 0 saturated heterocycles. The standard InChI is InChI=1S/C22H27F3N6OS/c1-4-11-33-21-29-18(27-12-14(2)3)17-13-28-31(19(17)30-21)10-9-26-20(32)15-5-7-16(8-6-15)22(23,24)25/h5-8,13-14H,4,9-12H2,1-3H3,(H,26,32)(H,27,29,30). The Morgan fingerprint density at radius 1 is 1.18 bits per heavy atom. The van der Waals surface area contributed by atoms with E-state index < -0.39 is 17.6 Å². The molecule has 1 amide bonds. The number of halogens is 3. The summed E-state index contributed by atoms with van der Waals surface area (Å²) >= 11 is 1.57. The number of fused-ring (bicyclic) bond motifs is 1. The monoisotopic (exact) mass is 480 g/mol. The van der Waals surface area contributed by atoms with E-state index in [0.29, 0.717) is 23.3 Å². The molecular formula is C22H27F3N6OS. The summed E-state index contributed by atoms with van der Waals surface area (Å²) in [5, 5.41) is 11.9. The third-order valence-corrected chi connectivity index (χ3v) is 5.73. The quantitative estimate of drug-likeness (QED) is 0.319. The number of hydrogen-bond acceptors (Lipinski definition) is 6. The zero-order chi connectivity index (χ0) is 24.0. The lowest BCUT2D eigenvalue weighted by Crippen LogP contribution is -2.27. The maximum atomic E-state index is 12.7. The molecule has 0 radical (unpaired) electrons. The number of nitrogens with one attached hydrogen (secondary N) is 2. The molecule has 1 aromatic carbocycles. The van der Waals surface area contributed by atoms with Crippen molar-refractivity contribution in [2.75, 3.05) is 24.2 Å². The van der Waals surface area contributed by atoms with Crippen molar-refractivity contribution in [1.29, 1.82) is 0 Å². The highest BCUT2D eigenvalue weighted by molar-refractivity contribution is 7.99. The number of nitrogens with zero attached hydrogens (tertiary/aromatic N) is 4. The number of alkyl halides is 3. The molecule has 33 heavy (non-hydrogen) atoms. The van der Waals surface area contributed by atoms with Crippen LogP contribution in [-0.4, -0.2) is 44.5 Å². The van der Waals surface area contributed by atoms with Crippen molar-refractivity contribution in [3.05, 3.63) is 41.6 Å². The Hall–Kier alpha value is -2.82. The molecule has 0 aliphatic rings. The van der Waals surface area contributed by atoms with Gasteiger partial charge in [-0.1, -0.05) is 32.5 Å². The van der Waals surface area contributed by atoms with Crippen LogP contribution in [0.2, 0.25) is 0 Å². The molecule has 178 valence electrons. The molecule has 7 nitrogen and oxygen atoms in total. The number of rotatable bonds is 10. The van der Waals surface area contributed by atoms with E-state index in [9.17, 15) is 18.0 Å².